The highest BCUT2D eigenvalue weighted by Gasteiger charge is 2.29. The fraction of sp³-hybridized carbons (Fsp3) is 0.294. The molecule has 0 saturated heterocycles. The Morgan fingerprint density at radius 1 is 1.11 bits per heavy atom. The minimum absolute atomic E-state index is 0.182. The van der Waals surface area contributed by atoms with E-state index in [1.165, 1.54) is 16.7 Å². The van der Waals surface area contributed by atoms with Gasteiger partial charge in [0.15, 0.2) is 0 Å². The zero-order chi connectivity index (χ0) is 13.4. The van der Waals surface area contributed by atoms with Gasteiger partial charge in [0, 0.05) is 6.42 Å². The molecule has 19 heavy (non-hydrogen) atoms. The van der Waals surface area contributed by atoms with Crippen LogP contribution in [0.1, 0.15) is 28.4 Å². The predicted molar refractivity (Wildman–Crippen MR) is 75.4 cm³/mol. The van der Waals surface area contributed by atoms with E-state index in [0.29, 0.717) is 0 Å². The van der Waals surface area contributed by atoms with E-state index in [4.69, 9.17) is 4.74 Å². The van der Waals surface area contributed by atoms with Crippen LogP contribution in [0.25, 0.3) is 0 Å². The van der Waals surface area contributed by atoms with E-state index < -0.39 is 6.10 Å². The molecule has 98 valence electrons. The molecule has 1 aliphatic rings. The normalized spacial score (nSPS) is 18.8. The average molecular weight is 254 g/mol. The summed E-state index contributed by atoms with van der Waals surface area (Å²) in [4.78, 5) is 0. The van der Waals surface area contributed by atoms with Crippen LogP contribution in [0.4, 0.5) is 0 Å². The van der Waals surface area contributed by atoms with Gasteiger partial charge in [-0.25, -0.2) is 0 Å². The molecule has 0 saturated carbocycles. The topological polar surface area (TPSA) is 29.5 Å². The van der Waals surface area contributed by atoms with Crippen molar-refractivity contribution in [1.82, 2.24) is 0 Å². The molecule has 0 bridgehead atoms. The molecular formula is C17H18O2. The maximum Gasteiger partial charge on any atom is 0.133 e. The Morgan fingerprint density at radius 3 is 2.47 bits per heavy atom. The number of hydrogen-bond donors (Lipinski definition) is 1. The average Bonchev–Trinajstić information content (AvgIpc) is 2.80. The number of para-hydroxylation sites is 1. The molecule has 2 aromatic rings. The van der Waals surface area contributed by atoms with Crippen LogP contribution in [-0.4, -0.2) is 11.2 Å². The van der Waals surface area contributed by atoms with Crippen LogP contribution in [0.2, 0.25) is 0 Å². The first kappa shape index (κ1) is 12.2. The molecule has 3 rings (SSSR count). The zero-order valence-electron chi connectivity index (χ0n) is 11.3. The summed E-state index contributed by atoms with van der Waals surface area (Å²) in [5, 5.41) is 10.5. The Labute approximate surface area is 113 Å². The molecule has 2 aromatic carbocycles. The van der Waals surface area contributed by atoms with Crippen molar-refractivity contribution in [3.63, 3.8) is 0 Å². The first-order valence-corrected chi connectivity index (χ1v) is 6.64. The van der Waals surface area contributed by atoms with E-state index in [2.05, 4.69) is 12.1 Å². The largest absolute Gasteiger partial charge is 0.487 e. The van der Waals surface area contributed by atoms with E-state index >= 15 is 0 Å². The second kappa shape index (κ2) is 4.71. The number of aliphatic hydroxyl groups is 1. The number of fused-ring (bicyclic) bond motifs is 1. The molecular weight excluding hydrogens is 236 g/mol. The van der Waals surface area contributed by atoms with Crippen molar-refractivity contribution < 1.29 is 9.84 Å². The fourth-order valence-corrected chi connectivity index (χ4v) is 2.78. The van der Waals surface area contributed by atoms with E-state index in [1.807, 2.05) is 44.2 Å². The van der Waals surface area contributed by atoms with Gasteiger partial charge in [0.25, 0.3) is 0 Å². The standard InChI is InChI=1S/C17H18O2/c1-11-7-12(2)9-14(8-11)17(18)16-10-13-5-3-4-6-15(13)19-16/h3-9,16-18H,10H2,1-2H3. The first-order valence-electron chi connectivity index (χ1n) is 6.64. The summed E-state index contributed by atoms with van der Waals surface area (Å²) in [6.07, 6.45) is 0.00855. The van der Waals surface area contributed by atoms with Crippen LogP contribution in [0.5, 0.6) is 5.75 Å². The Kier molecular flexibility index (Phi) is 3.03. The number of rotatable bonds is 2. The van der Waals surface area contributed by atoms with Crippen LogP contribution in [0.15, 0.2) is 42.5 Å². The van der Waals surface area contributed by atoms with Gasteiger partial charge >= 0.3 is 0 Å². The molecule has 0 aliphatic carbocycles. The van der Waals surface area contributed by atoms with Gasteiger partial charge in [0.1, 0.15) is 18.0 Å². The summed E-state index contributed by atoms with van der Waals surface area (Å²) in [6.45, 7) is 4.10. The molecule has 2 nitrogen and oxygen atoms in total. The van der Waals surface area contributed by atoms with Crippen LogP contribution in [-0.2, 0) is 6.42 Å². The SMILES string of the molecule is Cc1cc(C)cc(C(O)C2Cc3ccccc3O2)c1. The van der Waals surface area contributed by atoms with Gasteiger partial charge in [-0.3, -0.25) is 0 Å². The van der Waals surface area contributed by atoms with Crippen molar-refractivity contribution in [3.05, 3.63) is 64.7 Å². The number of aliphatic hydroxyl groups excluding tert-OH is 1. The highest BCUT2D eigenvalue weighted by molar-refractivity contribution is 5.39. The number of aryl methyl sites for hydroxylation is 2. The van der Waals surface area contributed by atoms with E-state index in [-0.39, 0.29) is 6.10 Å². The summed E-state index contributed by atoms with van der Waals surface area (Å²) < 4.78 is 5.85. The van der Waals surface area contributed by atoms with Gasteiger partial charge < -0.3 is 9.84 Å². The maximum absolute atomic E-state index is 10.5. The zero-order valence-corrected chi connectivity index (χ0v) is 11.3. The molecule has 1 heterocycles. The molecule has 0 amide bonds. The van der Waals surface area contributed by atoms with Gasteiger partial charge in [-0.05, 0) is 31.0 Å². The van der Waals surface area contributed by atoms with Gasteiger partial charge in [0.2, 0.25) is 0 Å². The van der Waals surface area contributed by atoms with Crippen molar-refractivity contribution in [2.75, 3.05) is 0 Å². The van der Waals surface area contributed by atoms with Crippen molar-refractivity contribution in [3.8, 4) is 5.75 Å². The smallest absolute Gasteiger partial charge is 0.133 e. The molecule has 1 aliphatic heterocycles. The number of benzene rings is 2. The maximum atomic E-state index is 10.5. The molecule has 2 atom stereocenters. The minimum atomic E-state index is -0.578. The fourth-order valence-electron chi connectivity index (χ4n) is 2.78. The lowest BCUT2D eigenvalue weighted by atomic mass is 9.97. The summed E-state index contributed by atoms with van der Waals surface area (Å²) in [6, 6.07) is 14.2. The number of ether oxygens (including phenoxy) is 1. The first-order chi connectivity index (χ1) is 9.13. The lowest BCUT2D eigenvalue weighted by molar-refractivity contribution is 0.0491. The molecule has 0 spiro atoms. The Morgan fingerprint density at radius 2 is 1.79 bits per heavy atom. The van der Waals surface area contributed by atoms with Crippen LogP contribution in [0, 0.1) is 13.8 Å². The second-order valence-electron chi connectivity index (χ2n) is 5.33. The monoisotopic (exact) mass is 254 g/mol. The molecule has 0 radical (unpaired) electrons. The summed E-state index contributed by atoms with van der Waals surface area (Å²) >= 11 is 0. The van der Waals surface area contributed by atoms with Crippen LogP contribution >= 0.6 is 0 Å². The van der Waals surface area contributed by atoms with Crippen molar-refractivity contribution in [2.45, 2.75) is 32.5 Å². The molecule has 2 heteroatoms. The van der Waals surface area contributed by atoms with E-state index in [1.54, 1.807) is 0 Å². The van der Waals surface area contributed by atoms with Crippen molar-refractivity contribution >= 4 is 0 Å². The Balaban J connectivity index is 1.84. The number of hydrogen-bond acceptors (Lipinski definition) is 2. The Hall–Kier alpha value is -1.80. The summed E-state index contributed by atoms with van der Waals surface area (Å²) in [7, 11) is 0. The summed E-state index contributed by atoms with van der Waals surface area (Å²) in [5.74, 6) is 0.899. The second-order valence-corrected chi connectivity index (χ2v) is 5.33. The van der Waals surface area contributed by atoms with E-state index in [0.717, 1.165) is 17.7 Å². The highest BCUT2D eigenvalue weighted by atomic mass is 16.5. The summed E-state index contributed by atoms with van der Waals surface area (Å²) in [5.41, 5.74) is 4.46. The van der Waals surface area contributed by atoms with E-state index in [9.17, 15) is 5.11 Å². The lowest BCUT2D eigenvalue weighted by Gasteiger charge is -2.19. The minimum Gasteiger partial charge on any atom is -0.487 e. The van der Waals surface area contributed by atoms with Crippen LogP contribution in [0.3, 0.4) is 0 Å². The Bertz CT molecular complexity index is 559. The van der Waals surface area contributed by atoms with Gasteiger partial charge in [-0.2, -0.15) is 0 Å². The third-order valence-corrected chi connectivity index (χ3v) is 3.61. The lowest BCUT2D eigenvalue weighted by Crippen LogP contribution is -2.23. The quantitative estimate of drug-likeness (QED) is 0.890. The van der Waals surface area contributed by atoms with Crippen molar-refractivity contribution in [1.29, 1.82) is 0 Å². The van der Waals surface area contributed by atoms with Gasteiger partial charge in [-0.15, -0.1) is 0 Å². The van der Waals surface area contributed by atoms with Gasteiger partial charge in [0.05, 0.1) is 0 Å². The third-order valence-electron chi connectivity index (χ3n) is 3.61. The van der Waals surface area contributed by atoms with Crippen LogP contribution < -0.4 is 4.74 Å². The third kappa shape index (κ3) is 2.36. The molecule has 0 aromatic heterocycles. The van der Waals surface area contributed by atoms with Crippen molar-refractivity contribution in [2.24, 2.45) is 0 Å². The predicted octanol–water partition coefficient (Wildman–Crippen LogP) is 3.34. The molecule has 2 unspecified atom stereocenters. The molecule has 0 fully saturated rings. The molecule has 1 N–H and O–H groups in total. The highest BCUT2D eigenvalue weighted by Crippen LogP contribution is 2.34. The van der Waals surface area contributed by atoms with Gasteiger partial charge in [-0.1, -0.05) is 47.5 Å².